The number of nitrogen functional groups attached to an aromatic ring is 1. The molecule has 0 radical (unpaired) electrons. The number of nitrogens with one attached hydrogen (secondary N) is 4. The number of hydrogen-bond acceptors (Lipinski definition) is 9. The van der Waals surface area contributed by atoms with Crippen molar-refractivity contribution in [3.8, 4) is 22.5 Å². The van der Waals surface area contributed by atoms with Crippen molar-refractivity contribution in [1.29, 1.82) is 5.41 Å². The molecule has 1 aromatic heterocycles. The zero-order valence-electron chi connectivity index (χ0n) is 21.1. The molecule has 0 atom stereocenters. The number of imidazole rings is 1. The third-order valence-electron chi connectivity index (χ3n) is 6.45. The summed E-state index contributed by atoms with van der Waals surface area (Å²) in [5, 5.41) is 26.7. The molecule has 0 fully saturated rings. The van der Waals surface area contributed by atoms with Crippen molar-refractivity contribution in [2.75, 3.05) is 0 Å². The molecule has 0 aliphatic carbocycles. The molecule has 10 N–H and O–H groups in total. The highest BCUT2D eigenvalue weighted by Gasteiger charge is 2.34. The highest BCUT2D eigenvalue weighted by Crippen LogP contribution is 2.41. The van der Waals surface area contributed by atoms with Gasteiger partial charge in [-0.2, -0.15) is 0 Å². The van der Waals surface area contributed by atoms with Crippen LogP contribution in [0.5, 0.6) is 0 Å². The van der Waals surface area contributed by atoms with E-state index in [1.54, 1.807) is 12.1 Å². The first-order chi connectivity index (χ1) is 18.6. The number of sulfonamides is 2. The summed E-state index contributed by atoms with van der Waals surface area (Å²) in [4.78, 5) is 21.2. The molecule has 210 valence electrons. The van der Waals surface area contributed by atoms with Crippen LogP contribution in [0.4, 0.5) is 0 Å². The number of aromatic nitrogens is 2. The van der Waals surface area contributed by atoms with Crippen LogP contribution in [0, 0.1) is 5.41 Å². The number of H-pyrrole nitrogens is 1. The zero-order valence-corrected chi connectivity index (χ0v) is 22.7. The Bertz CT molecular complexity index is 1900. The molecule has 1 amide bonds. The number of carbonyl (C=O) groups excluding carboxylic acids is 1. The lowest BCUT2D eigenvalue weighted by Gasteiger charge is -2.25. The van der Waals surface area contributed by atoms with Gasteiger partial charge in [0.1, 0.15) is 16.6 Å². The van der Waals surface area contributed by atoms with Gasteiger partial charge >= 0.3 is 0 Å². The lowest BCUT2D eigenvalue weighted by atomic mass is 9.81. The molecular formula is C24H25N7O7S2. The largest absolute Gasteiger partial charge is 0.384 e. The average molecular weight is 588 g/mol. The molecule has 0 aliphatic rings. The molecule has 4 rings (SSSR count). The Morgan fingerprint density at radius 1 is 0.925 bits per heavy atom. The number of amides is 1. The fourth-order valence-electron chi connectivity index (χ4n) is 4.12. The third-order valence-corrected chi connectivity index (χ3v) is 8.84. The summed E-state index contributed by atoms with van der Waals surface area (Å²) in [5.41, 5.74) is 10.6. The Kier molecular flexibility index (Phi) is 7.26. The van der Waals surface area contributed by atoms with Gasteiger partial charge in [0.05, 0.1) is 21.3 Å². The molecule has 40 heavy (non-hydrogen) atoms. The number of nitrogens with two attached hydrogens (primary N) is 2. The van der Waals surface area contributed by atoms with Crippen LogP contribution in [0.3, 0.4) is 0 Å². The second kappa shape index (κ2) is 10.1. The molecular weight excluding hydrogens is 562 g/mol. The number of amidine groups is 1. The minimum absolute atomic E-state index is 0.0338. The summed E-state index contributed by atoms with van der Waals surface area (Å²) in [5.74, 6) is -1.02. The molecule has 0 unspecified atom stereocenters. The highest BCUT2D eigenvalue weighted by atomic mass is 32.2. The molecule has 1 heterocycles. The molecule has 0 bridgehead atoms. The predicted octanol–water partition coefficient (Wildman–Crippen LogP) is 1.28. The lowest BCUT2D eigenvalue weighted by Crippen LogP contribution is -2.35. The Morgan fingerprint density at radius 3 is 2.15 bits per heavy atom. The monoisotopic (exact) mass is 587 g/mol. The topological polar surface area (TPSA) is 254 Å². The Morgan fingerprint density at radius 2 is 1.55 bits per heavy atom. The second-order valence-corrected chi connectivity index (χ2v) is 12.5. The van der Waals surface area contributed by atoms with Gasteiger partial charge in [-0.25, -0.2) is 21.8 Å². The first kappa shape index (κ1) is 28.8. The van der Waals surface area contributed by atoms with Gasteiger partial charge in [0, 0.05) is 22.3 Å². The van der Waals surface area contributed by atoms with Crippen molar-refractivity contribution < 1.29 is 32.0 Å². The van der Waals surface area contributed by atoms with E-state index in [0.717, 1.165) is 6.07 Å². The Balaban J connectivity index is 2.22. The van der Waals surface area contributed by atoms with Crippen molar-refractivity contribution in [2.45, 2.75) is 29.1 Å². The van der Waals surface area contributed by atoms with Crippen LogP contribution in [-0.4, -0.2) is 49.0 Å². The van der Waals surface area contributed by atoms with Gasteiger partial charge in [-0.15, -0.1) is 0 Å². The highest BCUT2D eigenvalue weighted by molar-refractivity contribution is 7.90. The first-order valence-electron chi connectivity index (χ1n) is 11.4. The second-order valence-electron chi connectivity index (χ2n) is 9.31. The maximum atomic E-state index is 13.3. The van der Waals surface area contributed by atoms with E-state index in [4.69, 9.17) is 16.9 Å². The Hall–Kier alpha value is -4.19. The molecule has 0 saturated carbocycles. The van der Waals surface area contributed by atoms with Crippen molar-refractivity contribution in [3.05, 3.63) is 65.7 Å². The molecule has 0 aliphatic heterocycles. The van der Waals surface area contributed by atoms with Crippen molar-refractivity contribution in [2.24, 2.45) is 11.5 Å². The number of primary amides is 1. The van der Waals surface area contributed by atoms with Crippen LogP contribution < -0.4 is 21.2 Å². The maximum Gasteiger partial charge on any atom is 0.263 e. The van der Waals surface area contributed by atoms with Crippen molar-refractivity contribution >= 4 is 42.8 Å². The van der Waals surface area contributed by atoms with E-state index in [1.165, 1.54) is 60.0 Å². The fraction of sp³-hybridized carbons (Fsp3) is 0.125. The minimum atomic E-state index is -4.77. The Labute approximate surface area is 228 Å². The molecule has 14 nitrogen and oxygen atoms in total. The molecule has 16 heteroatoms. The quantitative estimate of drug-likeness (QED) is 0.0796. The third kappa shape index (κ3) is 4.94. The number of aromatic amines is 1. The van der Waals surface area contributed by atoms with Crippen LogP contribution in [0.1, 0.15) is 25.0 Å². The lowest BCUT2D eigenvalue weighted by molar-refractivity contribution is -0.122. The van der Waals surface area contributed by atoms with Gasteiger partial charge in [-0.1, -0.05) is 28.0 Å². The number of hydrogen-bond donors (Lipinski definition) is 8. The number of nitrogens with zero attached hydrogens (tertiary/aromatic N) is 1. The molecule has 4 aromatic rings. The molecule has 3 aromatic carbocycles. The number of carbonyl (C=O) groups is 1. The van der Waals surface area contributed by atoms with Gasteiger partial charge in [0.15, 0.2) is 0 Å². The number of fused-ring (bicyclic) bond motifs is 1. The van der Waals surface area contributed by atoms with Crippen LogP contribution >= 0.6 is 0 Å². The SMILES string of the molecule is CC(C)(C(N)=O)c1cc(-c2nc3ccc(C(=N)N)cc3[nH]2)c(S(=O)(=O)NO)c(-c2ccccc2S(=O)(=O)NO)c1. The van der Waals surface area contributed by atoms with Gasteiger partial charge < -0.3 is 26.9 Å². The van der Waals surface area contributed by atoms with E-state index in [1.807, 2.05) is 0 Å². The van der Waals surface area contributed by atoms with E-state index in [-0.39, 0.29) is 33.9 Å². The minimum Gasteiger partial charge on any atom is -0.384 e. The normalized spacial score (nSPS) is 12.5. The smallest absolute Gasteiger partial charge is 0.263 e. The fourth-order valence-corrected chi connectivity index (χ4v) is 5.94. The van der Waals surface area contributed by atoms with Crippen LogP contribution in [-0.2, 0) is 30.3 Å². The molecule has 0 spiro atoms. The van der Waals surface area contributed by atoms with E-state index in [2.05, 4.69) is 9.97 Å². The summed E-state index contributed by atoms with van der Waals surface area (Å²) in [6.45, 7) is 2.98. The maximum absolute atomic E-state index is 13.3. The van der Waals surface area contributed by atoms with Gasteiger partial charge in [-0.3, -0.25) is 10.2 Å². The van der Waals surface area contributed by atoms with Crippen molar-refractivity contribution in [3.63, 3.8) is 0 Å². The van der Waals surface area contributed by atoms with Gasteiger partial charge in [0.2, 0.25) is 5.91 Å². The van der Waals surface area contributed by atoms with E-state index in [0.29, 0.717) is 16.6 Å². The summed E-state index contributed by atoms with van der Waals surface area (Å²) in [6, 6.07) is 12.4. The average Bonchev–Trinajstić information content (AvgIpc) is 3.35. The summed E-state index contributed by atoms with van der Waals surface area (Å²) in [6.07, 6.45) is 0. The summed E-state index contributed by atoms with van der Waals surface area (Å²) >= 11 is 0. The first-order valence-corrected chi connectivity index (χ1v) is 14.3. The predicted molar refractivity (Wildman–Crippen MR) is 144 cm³/mol. The van der Waals surface area contributed by atoms with E-state index < -0.39 is 41.2 Å². The van der Waals surface area contributed by atoms with Crippen LogP contribution in [0.2, 0.25) is 0 Å². The standard InChI is InChI=1S/C24H25N7O7S2/c1-24(2,23(27)32)13-10-15(14-5-3-4-6-19(14)39(35,36)30-33)20(40(37,38)31-34)16(11-13)22-28-17-8-7-12(21(25)26)9-18(17)29-22/h3-11,30-31,33-34H,1-2H3,(H3,25,26)(H2,27,32)(H,28,29). The summed E-state index contributed by atoms with van der Waals surface area (Å²) < 4.78 is 52.0. The van der Waals surface area contributed by atoms with Gasteiger partial charge in [-0.05, 0) is 55.8 Å². The van der Waals surface area contributed by atoms with E-state index >= 15 is 0 Å². The van der Waals surface area contributed by atoms with Crippen molar-refractivity contribution in [1.82, 2.24) is 19.7 Å². The number of rotatable bonds is 9. The molecule has 0 saturated heterocycles. The van der Waals surface area contributed by atoms with Crippen LogP contribution in [0.25, 0.3) is 33.5 Å². The summed E-state index contributed by atoms with van der Waals surface area (Å²) in [7, 11) is -9.31. The van der Waals surface area contributed by atoms with Gasteiger partial charge in [0.25, 0.3) is 20.0 Å². The van der Waals surface area contributed by atoms with E-state index in [9.17, 15) is 32.0 Å². The van der Waals surface area contributed by atoms with Crippen LogP contribution in [0.15, 0.2) is 64.4 Å². The zero-order chi connectivity index (χ0) is 29.6. The number of benzene rings is 3.